The molecule has 1 saturated heterocycles. The number of likely N-dealkylation sites (N-methyl/N-ethyl adjacent to an activating group) is 1. The number of nitrogens with zero attached hydrogens (tertiary/aromatic N) is 2. The molecule has 0 unspecified atom stereocenters. The first-order valence-corrected chi connectivity index (χ1v) is 9.83. The molecular formula is C25H28N2O2. The molecule has 29 heavy (non-hydrogen) atoms. The number of Topliss-reactive ketones (excluding diaryl/α,β-unsaturated/α-hetero) is 1. The van der Waals surface area contributed by atoms with Crippen LogP contribution in [0.3, 0.4) is 0 Å². The minimum absolute atomic E-state index is 0.0312. The molecule has 0 saturated carbocycles. The number of carbonyl (C=O) groups excluding carboxylic acids is 2. The topological polar surface area (TPSA) is 40.6 Å². The summed E-state index contributed by atoms with van der Waals surface area (Å²) in [7, 11) is 3.51. The Morgan fingerprint density at radius 1 is 0.862 bits per heavy atom. The molecule has 0 N–H and O–H groups in total. The lowest BCUT2D eigenvalue weighted by Gasteiger charge is -2.30. The van der Waals surface area contributed by atoms with Crippen molar-refractivity contribution in [2.45, 2.75) is 13.8 Å². The number of piperidine rings is 1. The van der Waals surface area contributed by atoms with E-state index in [1.54, 1.807) is 19.0 Å². The van der Waals surface area contributed by atoms with Crippen molar-refractivity contribution in [3.8, 4) is 0 Å². The molecule has 2 aromatic carbocycles. The van der Waals surface area contributed by atoms with E-state index in [0.29, 0.717) is 24.2 Å². The van der Waals surface area contributed by atoms with Gasteiger partial charge in [-0.2, -0.15) is 0 Å². The average molecular weight is 389 g/mol. The number of ketones is 1. The van der Waals surface area contributed by atoms with Crippen LogP contribution in [0.5, 0.6) is 0 Å². The first-order valence-electron chi connectivity index (χ1n) is 9.83. The standard InChI is InChI=1S/C25H28N2O2/c1-18-5-9-20(10-6-18)13-22-15-27(17-24(28)26(3)4)16-23(25(22)29)14-21-11-7-19(2)8-12-21/h5-14H,15-17H2,1-4H3/b22-13-,23-14+. The Labute approximate surface area is 173 Å². The molecule has 1 fully saturated rings. The zero-order valence-electron chi connectivity index (χ0n) is 17.6. The fourth-order valence-corrected chi connectivity index (χ4v) is 3.28. The zero-order valence-corrected chi connectivity index (χ0v) is 17.6. The number of hydrogen-bond acceptors (Lipinski definition) is 3. The van der Waals surface area contributed by atoms with Crippen LogP contribution in [-0.2, 0) is 9.59 Å². The second-order valence-corrected chi connectivity index (χ2v) is 7.92. The summed E-state index contributed by atoms with van der Waals surface area (Å²) >= 11 is 0. The van der Waals surface area contributed by atoms with Crippen LogP contribution in [0.2, 0.25) is 0 Å². The van der Waals surface area contributed by atoms with Gasteiger partial charge in [0.15, 0.2) is 5.78 Å². The van der Waals surface area contributed by atoms with Crippen LogP contribution >= 0.6 is 0 Å². The number of aryl methyl sites for hydroxylation is 2. The van der Waals surface area contributed by atoms with Crippen molar-refractivity contribution in [3.63, 3.8) is 0 Å². The Balaban J connectivity index is 1.94. The van der Waals surface area contributed by atoms with Gasteiger partial charge in [-0.05, 0) is 37.1 Å². The Morgan fingerprint density at radius 2 is 1.28 bits per heavy atom. The fraction of sp³-hybridized carbons (Fsp3) is 0.280. The molecule has 0 bridgehead atoms. The highest BCUT2D eigenvalue weighted by Crippen LogP contribution is 2.22. The van der Waals surface area contributed by atoms with Gasteiger partial charge in [0.1, 0.15) is 0 Å². The molecule has 0 atom stereocenters. The van der Waals surface area contributed by atoms with Gasteiger partial charge in [-0.1, -0.05) is 59.7 Å². The van der Waals surface area contributed by atoms with Crippen LogP contribution in [0.25, 0.3) is 12.2 Å². The highest BCUT2D eigenvalue weighted by atomic mass is 16.2. The van der Waals surface area contributed by atoms with Gasteiger partial charge in [-0.25, -0.2) is 0 Å². The molecule has 1 amide bonds. The number of amides is 1. The van der Waals surface area contributed by atoms with Crippen molar-refractivity contribution in [1.29, 1.82) is 0 Å². The largest absolute Gasteiger partial charge is 0.348 e. The maximum absolute atomic E-state index is 13.2. The predicted octanol–water partition coefficient (Wildman–Crippen LogP) is 3.74. The van der Waals surface area contributed by atoms with E-state index in [1.807, 2.05) is 79.4 Å². The number of likely N-dealkylation sites (tertiary alicyclic amines) is 1. The van der Waals surface area contributed by atoms with Crippen molar-refractivity contribution in [2.24, 2.45) is 0 Å². The summed E-state index contributed by atoms with van der Waals surface area (Å²) in [4.78, 5) is 29.1. The fourth-order valence-electron chi connectivity index (χ4n) is 3.28. The summed E-state index contributed by atoms with van der Waals surface area (Å²) in [6, 6.07) is 16.2. The first kappa shape index (κ1) is 20.7. The summed E-state index contributed by atoms with van der Waals surface area (Å²) in [6.45, 7) is 5.31. The molecule has 0 aliphatic carbocycles. The molecule has 1 aliphatic heterocycles. The Hall–Kier alpha value is -2.98. The molecule has 2 aromatic rings. The molecular weight excluding hydrogens is 360 g/mol. The van der Waals surface area contributed by atoms with Gasteiger partial charge in [0, 0.05) is 38.3 Å². The molecule has 1 aliphatic rings. The highest BCUT2D eigenvalue weighted by molar-refractivity contribution is 6.14. The van der Waals surface area contributed by atoms with E-state index in [9.17, 15) is 9.59 Å². The van der Waals surface area contributed by atoms with Gasteiger partial charge in [0.2, 0.25) is 5.91 Å². The minimum Gasteiger partial charge on any atom is -0.348 e. The molecule has 0 radical (unpaired) electrons. The second kappa shape index (κ2) is 9.01. The Kier molecular flexibility index (Phi) is 6.45. The van der Waals surface area contributed by atoms with Crippen molar-refractivity contribution in [3.05, 3.63) is 81.9 Å². The number of hydrogen-bond donors (Lipinski definition) is 0. The molecule has 0 spiro atoms. The van der Waals surface area contributed by atoms with Crippen molar-refractivity contribution in [2.75, 3.05) is 33.7 Å². The zero-order chi connectivity index (χ0) is 21.0. The normalized spacial score (nSPS) is 17.7. The Morgan fingerprint density at radius 3 is 1.66 bits per heavy atom. The van der Waals surface area contributed by atoms with E-state index in [-0.39, 0.29) is 18.2 Å². The third kappa shape index (κ3) is 5.52. The van der Waals surface area contributed by atoms with E-state index in [1.165, 1.54) is 11.1 Å². The summed E-state index contributed by atoms with van der Waals surface area (Å²) in [5.41, 5.74) is 5.78. The minimum atomic E-state index is 0.0312. The van der Waals surface area contributed by atoms with E-state index in [2.05, 4.69) is 0 Å². The maximum Gasteiger partial charge on any atom is 0.236 e. The SMILES string of the molecule is Cc1ccc(/C=C2/CN(CC(=O)N(C)C)C/C(=C\c3ccc(C)cc3)C2=O)cc1. The summed E-state index contributed by atoms with van der Waals surface area (Å²) < 4.78 is 0. The van der Waals surface area contributed by atoms with Gasteiger partial charge in [0.25, 0.3) is 0 Å². The van der Waals surface area contributed by atoms with Gasteiger partial charge in [-0.3, -0.25) is 14.5 Å². The predicted molar refractivity (Wildman–Crippen MR) is 118 cm³/mol. The number of carbonyl (C=O) groups is 2. The van der Waals surface area contributed by atoms with E-state index in [4.69, 9.17) is 0 Å². The Bertz CT molecular complexity index is 884. The quantitative estimate of drug-likeness (QED) is 0.749. The first-order chi connectivity index (χ1) is 13.8. The smallest absolute Gasteiger partial charge is 0.236 e. The molecule has 3 rings (SSSR count). The van der Waals surface area contributed by atoms with Crippen LogP contribution < -0.4 is 0 Å². The monoisotopic (exact) mass is 388 g/mol. The third-order valence-electron chi connectivity index (χ3n) is 5.07. The summed E-state index contributed by atoms with van der Waals surface area (Å²) in [5, 5.41) is 0. The van der Waals surface area contributed by atoms with E-state index < -0.39 is 0 Å². The molecule has 4 nitrogen and oxygen atoms in total. The van der Waals surface area contributed by atoms with Gasteiger partial charge < -0.3 is 4.90 Å². The van der Waals surface area contributed by atoms with Crippen LogP contribution in [0, 0.1) is 13.8 Å². The number of benzene rings is 2. The average Bonchev–Trinajstić information content (AvgIpc) is 2.68. The van der Waals surface area contributed by atoms with Crippen LogP contribution in [-0.4, -0.2) is 55.2 Å². The molecule has 4 heteroatoms. The molecule has 0 aromatic heterocycles. The van der Waals surface area contributed by atoms with E-state index >= 15 is 0 Å². The lowest BCUT2D eigenvalue weighted by atomic mass is 9.94. The van der Waals surface area contributed by atoms with Crippen LogP contribution in [0.15, 0.2) is 59.7 Å². The van der Waals surface area contributed by atoms with E-state index in [0.717, 1.165) is 11.1 Å². The van der Waals surface area contributed by atoms with Crippen molar-refractivity contribution in [1.82, 2.24) is 9.80 Å². The van der Waals surface area contributed by atoms with Crippen LogP contribution in [0.1, 0.15) is 22.3 Å². The van der Waals surface area contributed by atoms with Gasteiger partial charge in [-0.15, -0.1) is 0 Å². The summed E-state index contributed by atoms with van der Waals surface area (Å²) in [5.74, 6) is 0.0865. The van der Waals surface area contributed by atoms with Gasteiger partial charge >= 0.3 is 0 Å². The lowest BCUT2D eigenvalue weighted by Crippen LogP contribution is -2.43. The van der Waals surface area contributed by atoms with Gasteiger partial charge in [0.05, 0.1) is 6.54 Å². The van der Waals surface area contributed by atoms with Crippen molar-refractivity contribution < 1.29 is 9.59 Å². The molecule has 1 heterocycles. The highest BCUT2D eigenvalue weighted by Gasteiger charge is 2.27. The lowest BCUT2D eigenvalue weighted by molar-refractivity contribution is -0.130. The molecule has 150 valence electrons. The summed E-state index contributed by atoms with van der Waals surface area (Å²) in [6.07, 6.45) is 3.88. The maximum atomic E-state index is 13.2. The van der Waals surface area contributed by atoms with Crippen LogP contribution in [0.4, 0.5) is 0 Å². The third-order valence-corrected chi connectivity index (χ3v) is 5.07. The second-order valence-electron chi connectivity index (χ2n) is 7.92. The number of rotatable bonds is 4. The van der Waals surface area contributed by atoms with Crippen molar-refractivity contribution >= 4 is 23.8 Å².